The van der Waals surface area contributed by atoms with Gasteiger partial charge in [-0.3, -0.25) is 0 Å². The second-order valence-corrected chi connectivity index (χ2v) is 4.53. The van der Waals surface area contributed by atoms with E-state index in [0.29, 0.717) is 6.42 Å². The Labute approximate surface area is 81.9 Å². The Hall–Kier alpha value is 0.340. The summed E-state index contributed by atoms with van der Waals surface area (Å²) in [7, 11) is 0. The van der Waals surface area contributed by atoms with E-state index in [1.54, 1.807) is 13.8 Å². The van der Waals surface area contributed by atoms with E-state index in [4.69, 9.17) is 0 Å². The van der Waals surface area contributed by atoms with E-state index in [9.17, 15) is 8.78 Å². The SMILES string of the molecule is CCC(F)(F)C(C)(C)CCCBr. The molecule has 0 aromatic rings. The fourth-order valence-corrected chi connectivity index (χ4v) is 1.45. The van der Waals surface area contributed by atoms with E-state index in [-0.39, 0.29) is 6.42 Å². The number of hydrogen-bond acceptors (Lipinski definition) is 0. The predicted molar refractivity (Wildman–Crippen MR) is 52.0 cm³/mol. The Morgan fingerprint density at radius 1 is 1.25 bits per heavy atom. The van der Waals surface area contributed by atoms with Crippen LogP contribution in [0.5, 0.6) is 0 Å². The minimum Gasteiger partial charge on any atom is -0.206 e. The fourth-order valence-electron chi connectivity index (χ4n) is 1.17. The molecule has 0 spiro atoms. The molecule has 0 radical (unpaired) electrons. The highest BCUT2D eigenvalue weighted by atomic mass is 79.9. The largest absolute Gasteiger partial charge is 0.252 e. The van der Waals surface area contributed by atoms with Crippen molar-refractivity contribution in [2.75, 3.05) is 5.33 Å². The van der Waals surface area contributed by atoms with Crippen LogP contribution in [0.4, 0.5) is 8.78 Å². The first-order valence-electron chi connectivity index (χ1n) is 4.31. The Bertz CT molecular complexity index is 132. The van der Waals surface area contributed by atoms with Crippen LogP contribution in [0.15, 0.2) is 0 Å². The molecule has 0 heterocycles. The average Bonchev–Trinajstić information content (AvgIpc) is 2.00. The lowest BCUT2D eigenvalue weighted by molar-refractivity contribution is -0.111. The molecular formula is C9H17BrF2. The maximum Gasteiger partial charge on any atom is 0.252 e. The lowest BCUT2D eigenvalue weighted by atomic mass is 9.80. The molecule has 12 heavy (non-hydrogen) atoms. The van der Waals surface area contributed by atoms with Gasteiger partial charge in [-0.1, -0.05) is 36.7 Å². The lowest BCUT2D eigenvalue weighted by Gasteiger charge is -2.33. The van der Waals surface area contributed by atoms with Crippen molar-refractivity contribution in [3.8, 4) is 0 Å². The quantitative estimate of drug-likeness (QED) is 0.634. The third-order valence-electron chi connectivity index (χ3n) is 2.37. The average molecular weight is 243 g/mol. The predicted octanol–water partition coefficient (Wildman–Crippen LogP) is 4.23. The monoisotopic (exact) mass is 242 g/mol. The summed E-state index contributed by atoms with van der Waals surface area (Å²) in [4.78, 5) is 0. The first-order valence-corrected chi connectivity index (χ1v) is 5.43. The van der Waals surface area contributed by atoms with Crippen molar-refractivity contribution >= 4 is 15.9 Å². The summed E-state index contributed by atoms with van der Waals surface area (Å²) in [5.41, 5.74) is -0.866. The molecule has 3 heteroatoms. The van der Waals surface area contributed by atoms with E-state index < -0.39 is 11.3 Å². The zero-order valence-electron chi connectivity index (χ0n) is 7.96. The van der Waals surface area contributed by atoms with Gasteiger partial charge in [0.15, 0.2) is 0 Å². The zero-order valence-corrected chi connectivity index (χ0v) is 9.55. The molecule has 0 aromatic heterocycles. The van der Waals surface area contributed by atoms with Crippen LogP contribution in [0.25, 0.3) is 0 Å². The number of hydrogen-bond donors (Lipinski definition) is 0. The van der Waals surface area contributed by atoms with Gasteiger partial charge in [0.1, 0.15) is 0 Å². The van der Waals surface area contributed by atoms with Crippen molar-refractivity contribution in [3.63, 3.8) is 0 Å². The smallest absolute Gasteiger partial charge is 0.206 e. The Morgan fingerprint density at radius 3 is 2.08 bits per heavy atom. The van der Waals surface area contributed by atoms with Crippen LogP contribution in [0.1, 0.15) is 40.0 Å². The van der Waals surface area contributed by atoms with Gasteiger partial charge in [-0.2, -0.15) is 0 Å². The lowest BCUT2D eigenvalue weighted by Crippen LogP contribution is -2.35. The van der Waals surface area contributed by atoms with E-state index in [0.717, 1.165) is 11.8 Å². The van der Waals surface area contributed by atoms with Gasteiger partial charge < -0.3 is 0 Å². The van der Waals surface area contributed by atoms with Crippen molar-refractivity contribution in [1.29, 1.82) is 0 Å². The molecule has 0 bridgehead atoms. The molecule has 0 aliphatic carbocycles. The third-order valence-corrected chi connectivity index (χ3v) is 2.93. The van der Waals surface area contributed by atoms with Crippen molar-refractivity contribution in [2.24, 2.45) is 5.41 Å². The van der Waals surface area contributed by atoms with Crippen molar-refractivity contribution in [2.45, 2.75) is 46.0 Å². The normalized spacial score (nSPS) is 13.5. The summed E-state index contributed by atoms with van der Waals surface area (Å²) in [6, 6.07) is 0. The Balaban J connectivity index is 4.17. The summed E-state index contributed by atoms with van der Waals surface area (Å²) in [6.45, 7) is 4.81. The first kappa shape index (κ1) is 12.3. The second-order valence-electron chi connectivity index (χ2n) is 3.73. The minimum absolute atomic E-state index is 0.0672. The molecule has 0 N–H and O–H groups in total. The van der Waals surface area contributed by atoms with Crippen LogP contribution in [0, 0.1) is 5.41 Å². The Morgan fingerprint density at radius 2 is 1.75 bits per heavy atom. The maximum atomic E-state index is 13.2. The maximum absolute atomic E-state index is 13.2. The molecule has 0 amide bonds. The summed E-state index contributed by atoms with van der Waals surface area (Å²) in [5.74, 6) is -2.53. The van der Waals surface area contributed by atoms with Crippen molar-refractivity contribution < 1.29 is 8.78 Å². The molecule has 0 atom stereocenters. The second kappa shape index (κ2) is 4.54. The molecule has 0 rings (SSSR count). The molecule has 0 aliphatic rings. The van der Waals surface area contributed by atoms with Crippen LogP contribution >= 0.6 is 15.9 Å². The highest BCUT2D eigenvalue weighted by molar-refractivity contribution is 9.09. The van der Waals surface area contributed by atoms with E-state index >= 15 is 0 Å². The highest BCUT2D eigenvalue weighted by Crippen LogP contribution is 2.42. The topological polar surface area (TPSA) is 0 Å². The van der Waals surface area contributed by atoms with Crippen LogP contribution in [-0.2, 0) is 0 Å². The number of rotatable bonds is 5. The van der Waals surface area contributed by atoms with Gasteiger partial charge in [-0.25, -0.2) is 8.78 Å². The molecule has 0 nitrogen and oxygen atoms in total. The van der Waals surface area contributed by atoms with Gasteiger partial charge in [-0.15, -0.1) is 0 Å². The summed E-state index contributed by atoms with van der Waals surface area (Å²) in [6.07, 6.45) is 1.31. The van der Waals surface area contributed by atoms with E-state index in [2.05, 4.69) is 15.9 Å². The van der Waals surface area contributed by atoms with Gasteiger partial charge in [0.25, 0.3) is 5.92 Å². The zero-order chi connectivity index (χ0) is 9.83. The Kier molecular flexibility index (Phi) is 4.67. The summed E-state index contributed by atoms with van der Waals surface area (Å²) in [5, 5.41) is 0.802. The van der Waals surface area contributed by atoms with Gasteiger partial charge in [0.2, 0.25) is 0 Å². The first-order chi connectivity index (χ1) is 5.37. The molecule has 0 unspecified atom stereocenters. The van der Waals surface area contributed by atoms with Crippen LogP contribution in [0.3, 0.4) is 0 Å². The van der Waals surface area contributed by atoms with Gasteiger partial charge in [0.05, 0.1) is 0 Å². The standard InChI is InChI=1S/C9H17BrF2/c1-4-9(11,12)8(2,3)6-5-7-10/h4-7H2,1-3H3. The van der Waals surface area contributed by atoms with Crippen LogP contribution < -0.4 is 0 Å². The number of alkyl halides is 3. The van der Waals surface area contributed by atoms with E-state index in [1.807, 2.05) is 0 Å². The molecular weight excluding hydrogens is 226 g/mol. The van der Waals surface area contributed by atoms with E-state index in [1.165, 1.54) is 6.92 Å². The molecule has 0 saturated heterocycles. The molecule has 0 fully saturated rings. The van der Waals surface area contributed by atoms with Gasteiger partial charge in [0, 0.05) is 17.2 Å². The van der Waals surface area contributed by atoms with Crippen LogP contribution in [-0.4, -0.2) is 11.3 Å². The third kappa shape index (κ3) is 3.00. The molecule has 0 aliphatic heterocycles. The molecule has 0 saturated carbocycles. The summed E-state index contributed by atoms with van der Waals surface area (Å²) >= 11 is 3.25. The van der Waals surface area contributed by atoms with Gasteiger partial charge >= 0.3 is 0 Å². The van der Waals surface area contributed by atoms with Crippen molar-refractivity contribution in [1.82, 2.24) is 0 Å². The highest BCUT2D eigenvalue weighted by Gasteiger charge is 2.43. The minimum atomic E-state index is -2.53. The van der Waals surface area contributed by atoms with Crippen molar-refractivity contribution in [3.05, 3.63) is 0 Å². The molecule has 0 aromatic carbocycles. The number of halogens is 3. The fraction of sp³-hybridized carbons (Fsp3) is 1.00. The summed E-state index contributed by atoms with van der Waals surface area (Å²) < 4.78 is 26.5. The van der Waals surface area contributed by atoms with Crippen LogP contribution in [0.2, 0.25) is 0 Å². The van der Waals surface area contributed by atoms with Gasteiger partial charge in [-0.05, 0) is 12.8 Å². The molecule has 74 valence electrons.